The second-order valence-corrected chi connectivity index (χ2v) is 1.59. The van der Waals surface area contributed by atoms with Gasteiger partial charge in [-0.15, -0.1) is 17.7 Å². The van der Waals surface area contributed by atoms with Gasteiger partial charge in [-0.1, -0.05) is 0 Å². The van der Waals surface area contributed by atoms with Gasteiger partial charge in [0.15, 0.2) is 0 Å². The molecular formula is C3H4N2OS. The quantitative estimate of drug-likeness (QED) is 0.430. The van der Waals surface area contributed by atoms with Gasteiger partial charge in [0.2, 0.25) is 5.88 Å². The van der Waals surface area contributed by atoms with Crippen molar-refractivity contribution < 1.29 is 5.11 Å². The number of nitrogens with one attached hydrogen (secondary N) is 1. The van der Waals surface area contributed by atoms with Crippen molar-refractivity contribution >= 4 is 12.6 Å². The molecule has 0 aromatic carbocycles. The third-order valence-electron chi connectivity index (χ3n) is 0.551. The standard InChI is InChI=1S/C3H4N2OS/c6-2-1-3(7)5-4-2/h1H,(H3,4,5,6,7). The van der Waals surface area contributed by atoms with Crippen LogP contribution in [0.5, 0.6) is 5.88 Å². The lowest BCUT2D eigenvalue weighted by Gasteiger charge is -1.67. The molecule has 0 saturated carbocycles. The molecule has 1 heterocycles. The van der Waals surface area contributed by atoms with E-state index < -0.39 is 0 Å². The highest BCUT2D eigenvalue weighted by atomic mass is 32.1. The number of nitrogens with zero attached hydrogens (tertiary/aromatic N) is 1. The van der Waals surface area contributed by atoms with Crippen LogP contribution in [0.2, 0.25) is 0 Å². The van der Waals surface area contributed by atoms with Crippen LogP contribution < -0.4 is 0 Å². The third kappa shape index (κ3) is 0.866. The summed E-state index contributed by atoms with van der Waals surface area (Å²) in [6.07, 6.45) is 0. The van der Waals surface area contributed by atoms with Gasteiger partial charge in [-0.2, -0.15) is 0 Å². The van der Waals surface area contributed by atoms with Crippen molar-refractivity contribution in [1.29, 1.82) is 0 Å². The molecule has 1 rings (SSSR count). The van der Waals surface area contributed by atoms with Crippen LogP contribution in [0.25, 0.3) is 0 Å². The van der Waals surface area contributed by atoms with Crippen LogP contribution in [0, 0.1) is 0 Å². The van der Waals surface area contributed by atoms with Gasteiger partial charge in [-0.05, 0) is 0 Å². The minimum Gasteiger partial charge on any atom is -0.492 e. The molecule has 0 amide bonds. The zero-order valence-corrected chi connectivity index (χ0v) is 4.31. The summed E-state index contributed by atoms with van der Waals surface area (Å²) >= 11 is 3.83. The van der Waals surface area contributed by atoms with Gasteiger partial charge >= 0.3 is 0 Å². The molecule has 0 unspecified atom stereocenters. The first kappa shape index (κ1) is 4.52. The molecule has 7 heavy (non-hydrogen) atoms. The van der Waals surface area contributed by atoms with E-state index in [4.69, 9.17) is 5.11 Å². The predicted molar refractivity (Wildman–Crippen MR) is 27.5 cm³/mol. The van der Waals surface area contributed by atoms with Gasteiger partial charge in [-0.25, -0.2) is 0 Å². The Balaban J connectivity index is 3.04. The average Bonchev–Trinajstić information content (AvgIpc) is 1.87. The maximum Gasteiger partial charge on any atom is 0.231 e. The van der Waals surface area contributed by atoms with E-state index in [1.807, 2.05) is 0 Å². The molecule has 1 aromatic heterocycles. The summed E-state index contributed by atoms with van der Waals surface area (Å²) in [6, 6.07) is 1.42. The summed E-state index contributed by atoms with van der Waals surface area (Å²) < 4.78 is 0. The van der Waals surface area contributed by atoms with E-state index in [0.29, 0.717) is 5.03 Å². The van der Waals surface area contributed by atoms with E-state index in [2.05, 4.69) is 22.8 Å². The fourth-order valence-electron chi connectivity index (χ4n) is 0.301. The first-order valence-electron chi connectivity index (χ1n) is 1.72. The van der Waals surface area contributed by atoms with Crippen LogP contribution in [0.3, 0.4) is 0 Å². The normalized spacial score (nSPS) is 9.29. The Bertz CT molecular complexity index is 145. The largest absolute Gasteiger partial charge is 0.492 e. The van der Waals surface area contributed by atoms with E-state index in [0.717, 1.165) is 0 Å². The molecule has 0 saturated heterocycles. The maximum atomic E-state index is 8.46. The average molecular weight is 116 g/mol. The summed E-state index contributed by atoms with van der Waals surface area (Å²) in [4.78, 5) is 0. The summed E-state index contributed by atoms with van der Waals surface area (Å²) in [7, 11) is 0. The second-order valence-electron chi connectivity index (χ2n) is 1.11. The molecule has 2 N–H and O–H groups in total. The molecule has 0 aliphatic heterocycles. The number of rotatable bonds is 0. The number of hydrogen-bond donors (Lipinski definition) is 3. The van der Waals surface area contributed by atoms with Crippen molar-refractivity contribution in [2.45, 2.75) is 5.03 Å². The molecular weight excluding hydrogens is 112 g/mol. The van der Waals surface area contributed by atoms with E-state index >= 15 is 0 Å². The van der Waals surface area contributed by atoms with Gasteiger partial charge < -0.3 is 5.11 Å². The number of hydrogen-bond acceptors (Lipinski definition) is 3. The lowest BCUT2D eigenvalue weighted by molar-refractivity contribution is 0.452. The van der Waals surface area contributed by atoms with Crippen molar-refractivity contribution in [2.24, 2.45) is 0 Å². The summed E-state index contributed by atoms with van der Waals surface area (Å²) in [5, 5.41) is 14.8. The molecule has 38 valence electrons. The highest BCUT2D eigenvalue weighted by Crippen LogP contribution is 2.06. The molecule has 3 nitrogen and oxygen atoms in total. The highest BCUT2D eigenvalue weighted by Gasteiger charge is 1.88. The van der Waals surface area contributed by atoms with E-state index in [-0.39, 0.29) is 5.88 Å². The first-order chi connectivity index (χ1) is 3.29. The van der Waals surface area contributed by atoms with Crippen LogP contribution in [0.15, 0.2) is 11.1 Å². The topological polar surface area (TPSA) is 48.9 Å². The zero-order valence-electron chi connectivity index (χ0n) is 3.42. The second kappa shape index (κ2) is 1.46. The highest BCUT2D eigenvalue weighted by molar-refractivity contribution is 7.80. The van der Waals surface area contributed by atoms with Crippen LogP contribution in [-0.4, -0.2) is 15.3 Å². The van der Waals surface area contributed by atoms with Gasteiger partial charge in [-0.3, -0.25) is 5.10 Å². The lowest BCUT2D eigenvalue weighted by atomic mass is 10.7. The smallest absolute Gasteiger partial charge is 0.231 e. The molecule has 0 radical (unpaired) electrons. The van der Waals surface area contributed by atoms with Crippen molar-refractivity contribution in [3.63, 3.8) is 0 Å². The minimum atomic E-state index is -0.0231. The fraction of sp³-hybridized carbons (Fsp3) is 0. The van der Waals surface area contributed by atoms with Gasteiger partial charge in [0.05, 0.1) is 5.03 Å². The Morgan fingerprint density at radius 2 is 2.57 bits per heavy atom. The number of thiol groups is 1. The van der Waals surface area contributed by atoms with Crippen molar-refractivity contribution in [3.8, 4) is 5.88 Å². The first-order valence-corrected chi connectivity index (χ1v) is 2.17. The predicted octanol–water partition coefficient (Wildman–Crippen LogP) is 0.404. The Morgan fingerprint density at radius 1 is 1.86 bits per heavy atom. The van der Waals surface area contributed by atoms with Gasteiger partial charge in [0, 0.05) is 6.07 Å². The summed E-state index contributed by atoms with van der Waals surface area (Å²) in [5.41, 5.74) is 0. The lowest BCUT2D eigenvalue weighted by Crippen LogP contribution is -1.62. The van der Waals surface area contributed by atoms with Crippen molar-refractivity contribution in [2.75, 3.05) is 0 Å². The van der Waals surface area contributed by atoms with E-state index in [1.54, 1.807) is 0 Å². The van der Waals surface area contributed by atoms with Crippen molar-refractivity contribution in [1.82, 2.24) is 10.2 Å². The molecule has 0 spiro atoms. The third-order valence-corrected chi connectivity index (χ3v) is 0.780. The van der Waals surface area contributed by atoms with E-state index in [9.17, 15) is 0 Å². The SMILES string of the molecule is Oc1cc(S)[nH]n1. The van der Waals surface area contributed by atoms with Crippen molar-refractivity contribution in [3.05, 3.63) is 6.07 Å². The Hall–Kier alpha value is -0.640. The monoisotopic (exact) mass is 116 g/mol. The Kier molecular flexibility index (Phi) is 0.941. The maximum absolute atomic E-state index is 8.46. The molecule has 1 aromatic rings. The molecule has 0 fully saturated rings. The van der Waals surface area contributed by atoms with Crippen LogP contribution in [0.4, 0.5) is 0 Å². The fourth-order valence-corrected chi connectivity index (χ4v) is 0.467. The zero-order chi connectivity index (χ0) is 5.28. The number of aromatic amines is 1. The molecule has 0 atom stereocenters. The van der Waals surface area contributed by atoms with Gasteiger partial charge in [0.25, 0.3) is 0 Å². The number of aromatic nitrogens is 2. The van der Waals surface area contributed by atoms with Gasteiger partial charge in [0.1, 0.15) is 0 Å². The number of aromatic hydroxyl groups is 1. The molecule has 0 bridgehead atoms. The molecule has 4 heteroatoms. The Labute approximate surface area is 45.8 Å². The van der Waals surface area contributed by atoms with E-state index in [1.165, 1.54) is 6.07 Å². The molecule has 0 aliphatic rings. The number of H-pyrrole nitrogens is 1. The van der Waals surface area contributed by atoms with Crippen LogP contribution in [-0.2, 0) is 0 Å². The summed E-state index contributed by atoms with van der Waals surface area (Å²) in [6.45, 7) is 0. The van der Waals surface area contributed by atoms with Crippen LogP contribution >= 0.6 is 12.6 Å². The Morgan fingerprint density at radius 3 is 2.71 bits per heavy atom. The summed E-state index contributed by atoms with van der Waals surface area (Å²) in [5.74, 6) is -0.0231. The molecule has 0 aliphatic carbocycles. The minimum absolute atomic E-state index is 0.0231. The van der Waals surface area contributed by atoms with Crippen LogP contribution in [0.1, 0.15) is 0 Å².